The Bertz CT molecular complexity index is 747. The van der Waals surface area contributed by atoms with Crippen molar-refractivity contribution in [1.29, 1.82) is 0 Å². The van der Waals surface area contributed by atoms with Crippen molar-refractivity contribution in [3.63, 3.8) is 0 Å². The summed E-state index contributed by atoms with van der Waals surface area (Å²) in [5.74, 6) is -0.0188. The van der Waals surface area contributed by atoms with Gasteiger partial charge in [-0.15, -0.1) is 0 Å². The van der Waals surface area contributed by atoms with Gasteiger partial charge < -0.3 is 39.9 Å². The van der Waals surface area contributed by atoms with E-state index < -0.39 is 0 Å². The van der Waals surface area contributed by atoms with Crippen molar-refractivity contribution >= 4 is 34.8 Å². The molecule has 0 spiro atoms. The Kier molecular flexibility index (Phi) is 14.4. The van der Waals surface area contributed by atoms with E-state index in [0.29, 0.717) is 17.3 Å². The summed E-state index contributed by atoms with van der Waals surface area (Å²) in [5, 5.41) is 4.30. The Hall–Kier alpha value is -1.01. The second-order valence-corrected chi connectivity index (χ2v) is 8.01. The maximum absolute atomic E-state index is 12.7. The molecule has 0 bridgehead atoms. The Morgan fingerprint density at radius 3 is 2.10 bits per heavy atom. The van der Waals surface area contributed by atoms with Crippen LogP contribution in [0.5, 0.6) is 0 Å². The highest BCUT2D eigenvalue weighted by Gasteiger charge is 2.19. The minimum absolute atomic E-state index is 0. The van der Waals surface area contributed by atoms with Crippen LogP contribution in [-0.2, 0) is 11.3 Å². The molecular weight excluding hydrogens is 464 g/mol. The zero-order valence-corrected chi connectivity index (χ0v) is 20.7. The Morgan fingerprint density at radius 1 is 0.933 bits per heavy atom. The fourth-order valence-electron chi connectivity index (χ4n) is 3.29. The number of quaternary nitrogens is 2. The first-order chi connectivity index (χ1) is 13.4. The minimum Gasteiger partial charge on any atom is -1.00 e. The lowest BCUT2D eigenvalue weighted by atomic mass is 10.2. The topological polar surface area (TPSA) is 38.0 Å². The molecule has 2 rings (SSSR count). The zero-order valence-electron chi connectivity index (χ0n) is 17.7. The number of amides is 1. The Morgan fingerprint density at radius 2 is 1.53 bits per heavy atom. The maximum Gasteiger partial charge on any atom is 0.279 e. The lowest BCUT2D eigenvalue weighted by Crippen LogP contribution is -3.20. The molecule has 0 saturated heterocycles. The Labute approximate surface area is 202 Å². The summed E-state index contributed by atoms with van der Waals surface area (Å²) in [4.78, 5) is 15.5. The van der Waals surface area contributed by atoms with Crippen LogP contribution in [0.25, 0.3) is 0 Å². The van der Waals surface area contributed by atoms with Gasteiger partial charge in [0.1, 0.15) is 19.6 Å². The van der Waals surface area contributed by atoms with Gasteiger partial charge in [-0.1, -0.05) is 47.5 Å². The van der Waals surface area contributed by atoms with E-state index in [4.69, 9.17) is 23.2 Å². The zero-order chi connectivity index (χ0) is 20.5. The number of halogens is 4. The van der Waals surface area contributed by atoms with Crippen molar-refractivity contribution in [2.75, 3.05) is 38.0 Å². The van der Waals surface area contributed by atoms with Crippen LogP contribution in [-0.4, -0.2) is 38.6 Å². The Balaban J connectivity index is 0.00000420. The van der Waals surface area contributed by atoms with Gasteiger partial charge in [0.2, 0.25) is 0 Å². The van der Waals surface area contributed by atoms with E-state index in [9.17, 15) is 4.79 Å². The third-order valence-electron chi connectivity index (χ3n) is 5.10. The number of benzene rings is 2. The maximum atomic E-state index is 12.7. The molecule has 1 atom stereocenters. The highest BCUT2D eigenvalue weighted by atomic mass is 35.5. The molecule has 2 aromatic carbocycles. The molecule has 0 fully saturated rings. The predicted molar refractivity (Wildman–Crippen MR) is 118 cm³/mol. The fraction of sp³-hybridized carbons (Fsp3) is 0.409. The molecule has 0 aliphatic heterocycles. The minimum atomic E-state index is -0.0188. The molecule has 1 unspecified atom stereocenters. The molecule has 0 radical (unpaired) electrons. The van der Waals surface area contributed by atoms with E-state index in [2.05, 4.69) is 19.2 Å². The van der Waals surface area contributed by atoms with E-state index in [1.807, 2.05) is 43.3 Å². The number of aryl methyl sites for hydroxylation is 1. The molecule has 3 N–H and O–H groups in total. The third-order valence-corrected chi connectivity index (χ3v) is 5.66. The molecule has 0 aromatic heterocycles. The molecule has 0 heterocycles. The van der Waals surface area contributed by atoms with Crippen molar-refractivity contribution in [2.45, 2.75) is 27.3 Å². The average Bonchev–Trinajstić information content (AvgIpc) is 2.67. The normalized spacial score (nSPS) is 11.4. The van der Waals surface area contributed by atoms with Crippen LogP contribution in [0.4, 0.5) is 5.69 Å². The predicted octanol–water partition coefficient (Wildman–Crippen LogP) is -3.74. The number of carbonyl (C=O) groups is 1. The van der Waals surface area contributed by atoms with Gasteiger partial charge in [-0.25, -0.2) is 0 Å². The number of rotatable bonds is 10. The first-order valence-corrected chi connectivity index (χ1v) is 10.6. The number of likely N-dealkylation sites (N-methyl/N-ethyl adjacent to an activating group) is 1. The van der Waals surface area contributed by atoms with E-state index in [1.54, 1.807) is 6.07 Å². The van der Waals surface area contributed by atoms with Crippen LogP contribution in [0.2, 0.25) is 10.0 Å². The molecule has 0 aliphatic carbocycles. The molecular formula is C22H31Cl4N3O. The van der Waals surface area contributed by atoms with Crippen LogP contribution >= 0.6 is 23.2 Å². The molecule has 0 aliphatic rings. The van der Waals surface area contributed by atoms with Crippen LogP contribution < -0.4 is 39.9 Å². The average molecular weight is 495 g/mol. The van der Waals surface area contributed by atoms with E-state index in [0.717, 1.165) is 43.3 Å². The monoisotopic (exact) mass is 493 g/mol. The second-order valence-electron chi connectivity index (χ2n) is 7.17. The van der Waals surface area contributed by atoms with Crippen molar-refractivity contribution < 1.29 is 39.4 Å². The fourth-order valence-corrected chi connectivity index (χ4v) is 3.68. The van der Waals surface area contributed by atoms with Crippen LogP contribution in [0.3, 0.4) is 0 Å². The summed E-state index contributed by atoms with van der Waals surface area (Å²) >= 11 is 12.3. The molecule has 0 saturated carbocycles. The van der Waals surface area contributed by atoms with Gasteiger partial charge in [0.05, 0.1) is 23.8 Å². The highest BCUT2D eigenvalue weighted by molar-refractivity contribution is 6.34. The summed E-state index contributed by atoms with van der Waals surface area (Å²) in [6.45, 7) is 11.7. The van der Waals surface area contributed by atoms with Crippen LogP contribution in [0.15, 0.2) is 42.5 Å². The van der Waals surface area contributed by atoms with Gasteiger partial charge in [0, 0.05) is 10.6 Å². The van der Waals surface area contributed by atoms with Crippen molar-refractivity contribution in [3.8, 4) is 0 Å². The van der Waals surface area contributed by atoms with E-state index in [1.165, 1.54) is 15.4 Å². The molecule has 8 heteroatoms. The molecule has 168 valence electrons. The number of hydrogen-bond acceptors (Lipinski definition) is 1. The number of anilines is 1. The summed E-state index contributed by atoms with van der Waals surface area (Å²) in [5.41, 5.74) is 2.85. The summed E-state index contributed by atoms with van der Waals surface area (Å²) < 4.78 is 0. The SMILES string of the molecule is CC[NH+](CC)CC[NH+](CC(=O)Nc1c(C)cccc1Cl)Cc1ccc(Cl)cc1.[Cl-].[Cl-]. The van der Waals surface area contributed by atoms with Crippen molar-refractivity contribution in [3.05, 3.63) is 63.6 Å². The van der Waals surface area contributed by atoms with Crippen LogP contribution in [0, 0.1) is 6.92 Å². The van der Waals surface area contributed by atoms with Gasteiger partial charge in [-0.05, 0) is 44.5 Å². The van der Waals surface area contributed by atoms with Gasteiger partial charge in [-0.3, -0.25) is 4.79 Å². The quantitative estimate of drug-likeness (QED) is 0.312. The van der Waals surface area contributed by atoms with Crippen molar-refractivity contribution in [2.24, 2.45) is 0 Å². The number of carbonyl (C=O) groups excluding carboxylic acids is 1. The number of hydrogen-bond donors (Lipinski definition) is 3. The lowest BCUT2D eigenvalue weighted by Gasteiger charge is -2.22. The lowest BCUT2D eigenvalue weighted by molar-refractivity contribution is -0.958. The summed E-state index contributed by atoms with van der Waals surface area (Å²) in [6.07, 6.45) is 0. The number of para-hydroxylation sites is 1. The van der Waals surface area contributed by atoms with E-state index >= 15 is 0 Å². The molecule has 2 aromatic rings. The number of nitrogens with one attached hydrogen (secondary N) is 3. The van der Waals surface area contributed by atoms with Crippen molar-refractivity contribution in [1.82, 2.24) is 0 Å². The molecule has 30 heavy (non-hydrogen) atoms. The summed E-state index contributed by atoms with van der Waals surface area (Å²) in [7, 11) is 0. The molecule has 4 nitrogen and oxygen atoms in total. The highest BCUT2D eigenvalue weighted by Crippen LogP contribution is 2.24. The standard InChI is InChI=1S/C22H29Cl2N3O.2ClH/c1-4-26(5-2)13-14-27(15-18-9-11-19(23)12-10-18)16-21(28)25-22-17(3)7-6-8-20(22)24;;/h6-12H,4-5,13-16H2,1-3H3,(H,25,28);2*1H. The largest absolute Gasteiger partial charge is 1.00 e. The molecule has 1 amide bonds. The van der Waals surface area contributed by atoms with Gasteiger partial charge in [-0.2, -0.15) is 0 Å². The first kappa shape index (κ1) is 29.0. The second kappa shape index (κ2) is 14.9. The van der Waals surface area contributed by atoms with Gasteiger partial charge >= 0.3 is 0 Å². The first-order valence-electron chi connectivity index (χ1n) is 9.89. The smallest absolute Gasteiger partial charge is 0.279 e. The third kappa shape index (κ3) is 9.42. The van der Waals surface area contributed by atoms with Gasteiger partial charge in [0.25, 0.3) is 5.91 Å². The summed E-state index contributed by atoms with van der Waals surface area (Å²) in [6, 6.07) is 13.5. The van der Waals surface area contributed by atoms with Crippen LogP contribution in [0.1, 0.15) is 25.0 Å². The van der Waals surface area contributed by atoms with E-state index in [-0.39, 0.29) is 30.7 Å². The van der Waals surface area contributed by atoms with Gasteiger partial charge in [0.15, 0.2) is 6.54 Å².